The lowest BCUT2D eigenvalue weighted by Gasteiger charge is -2.17. The number of carbonyl (C=O) groups is 2. The SMILES string of the molecule is CCN(CC)CCCNC(=O)c1ccnn1CCC(=O)O. The maximum Gasteiger partial charge on any atom is 0.305 e. The topological polar surface area (TPSA) is 87.5 Å². The monoisotopic (exact) mass is 296 g/mol. The van der Waals surface area contributed by atoms with Gasteiger partial charge >= 0.3 is 5.97 Å². The normalized spacial score (nSPS) is 10.8. The minimum Gasteiger partial charge on any atom is -0.481 e. The Bertz CT molecular complexity index is 455. The summed E-state index contributed by atoms with van der Waals surface area (Å²) in [6, 6.07) is 1.60. The fraction of sp³-hybridized carbons (Fsp3) is 0.643. The molecular weight excluding hydrogens is 272 g/mol. The van der Waals surface area contributed by atoms with Crippen molar-refractivity contribution in [1.29, 1.82) is 0 Å². The number of aliphatic carboxylic acids is 1. The molecule has 0 unspecified atom stereocenters. The van der Waals surface area contributed by atoms with Crippen molar-refractivity contribution in [3.05, 3.63) is 18.0 Å². The molecule has 1 aromatic rings. The van der Waals surface area contributed by atoms with E-state index in [2.05, 4.69) is 29.2 Å². The molecule has 7 heteroatoms. The van der Waals surface area contributed by atoms with Crippen molar-refractivity contribution in [3.63, 3.8) is 0 Å². The van der Waals surface area contributed by atoms with Crippen LogP contribution in [-0.4, -0.2) is 57.8 Å². The largest absolute Gasteiger partial charge is 0.481 e. The maximum atomic E-state index is 12.0. The molecule has 0 aromatic carbocycles. The van der Waals surface area contributed by atoms with Gasteiger partial charge in [0, 0.05) is 12.7 Å². The van der Waals surface area contributed by atoms with Gasteiger partial charge < -0.3 is 15.3 Å². The Morgan fingerprint density at radius 1 is 1.38 bits per heavy atom. The Kier molecular flexibility index (Phi) is 7.45. The summed E-state index contributed by atoms with van der Waals surface area (Å²) in [6.45, 7) is 7.99. The molecule has 0 saturated heterocycles. The number of carboxylic acids is 1. The van der Waals surface area contributed by atoms with Crippen LogP contribution in [-0.2, 0) is 11.3 Å². The highest BCUT2D eigenvalue weighted by atomic mass is 16.4. The van der Waals surface area contributed by atoms with Gasteiger partial charge in [-0.2, -0.15) is 5.10 Å². The number of hydrogen-bond acceptors (Lipinski definition) is 4. The van der Waals surface area contributed by atoms with Crippen LogP contribution in [0.3, 0.4) is 0 Å². The van der Waals surface area contributed by atoms with Gasteiger partial charge in [-0.05, 0) is 32.1 Å². The summed E-state index contributed by atoms with van der Waals surface area (Å²) >= 11 is 0. The van der Waals surface area contributed by atoms with Crippen molar-refractivity contribution in [2.75, 3.05) is 26.2 Å². The first kappa shape index (κ1) is 17.2. The van der Waals surface area contributed by atoms with Crippen molar-refractivity contribution < 1.29 is 14.7 Å². The molecule has 1 amide bonds. The van der Waals surface area contributed by atoms with Gasteiger partial charge in [0.1, 0.15) is 5.69 Å². The predicted octanol–water partition coefficient (Wildman–Crippen LogP) is 0.819. The first-order valence-electron chi connectivity index (χ1n) is 7.32. The average Bonchev–Trinajstić information content (AvgIpc) is 2.93. The number of rotatable bonds is 10. The van der Waals surface area contributed by atoms with Gasteiger partial charge in [-0.25, -0.2) is 0 Å². The zero-order chi connectivity index (χ0) is 15.7. The fourth-order valence-corrected chi connectivity index (χ4v) is 2.04. The minimum atomic E-state index is -0.906. The summed E-state index contributed by atoms with van der Waals surface area (Å²) in [4.78, 5) is 24.9. The van der Waals surface area contributed by atoms with Crippen LogP contribution in [0.5, 0.6) is 0 Å². The van der Waals surface area contributed by atoms with E-state index in [1.165, 1.54) is 10.9 Å². The van der Waals surface area contributed by atoms with E-state index < -0.39 is 5.97 Å². The van der Waals surface area contributed by atoms with Crippen LogP contribution >= 0.6 is 0 Å². The van der Waals surface area contributed by atoms with Crippen molar-refractivity contribution in [2.45, 2.75) is 33.2 Å². The van der Waals surface area contributed by atoms with Crippen molar-refractivity contribution in [3.8, 4) is 0 Å². The summed E-state index contributed by atoms with van der Waals surface area (Å²) in [7, 11) is 0. The number of carboxylic acid groups (broad SMARTS) is 1. The molecule has 1 rings (SSSR count). The zero-order valence-electron chi connectivity index (χ0n) is 12.7. The summed E-state index contributed by atoms with van der Waals surface area (Å²) in [5.41, 5.74) is 0.402. The lowest BCUT2D eigenvalue weighted by atomic mass is 10.3. The van der Waals surface area contributed by atoms with Crippen LogP contribution in [0.25, 0.3) is 0 Å². The Labute approximate surface area is 124 Å². The third kappa shape index (κ3) is 5.95. The number of aryl methyl sites for hydroxylation is 1. The predicted molar refractivity (Wildman–Crippen MR) is 79.2 cm³/mol. The highest BCUT2D eigenvalue weighted by molar-refractivity contribution is 5.92. The van der Waals surface area contributed by atoms with Gasteiger partial charge in [0.2, 0.25) is 0 Å². The van der Waals surface area contributed by atoms with Gasteiger partial charge in [-0.3, -0.25) is 14.3 Å². The van der Waals surface area contributed by atoms with E-state index in [0.29, 0.717) is 12.2 Å². The van der Waals surface area contributed by atoms with Crippen LogP contribution in [0.15, 0.2) is 12.3 Å². The lowest BCUT2D eigenvalue weighted by Crippen LogP contribution is -2.31. The molecule has 0 aliphatic rings. The maximum absolute atomic E-state index is 12.0. The first-order chi connectivity index (χ1) is 10.1. The molecular formula is C14H24N4O3. The van der Waals surface area contributed by atoms with Crippen LogP contribution < -0.4 is 5.32 Å². The molecule has 1 aromatic heterocycles. The summed E-state index contributed by atoms with van der Waals surface area (Å²) < 4.78 is 1.42. The fourth-order valence-electron chi connectivity index (χ4n) is 2.04. The molecule has 118 valence electrons. The number of nitrogens with one attached hydrogen (secondary N) is 1. The van der Waals surface area contributed by atoms with Crippen LogP contribution in [0.1, 0.15) is 37.2 Å². The molecule has 2 N–H and O–H groups in total. The summed E-state index contributed by atoms with van der Waals surface area (Å²) in [5.74, 6) is -1.12. The molecule has 0 radical (unpaired) electrons. The molecule has 0 aliphatic heterocycles. The zero-order valence-corrected chi connectivity index (χ0v) is 12.7. The third-order valence-corrected chi connectivity index (χ3v) is 3.32. The van der Waals surface area contributed by atoms with E-state index in [1.807, 2.05) is 0 Å². The van der Waals surface area contributed by atoms with Gasteiger partial charge in [0.25, 0.3) is 5.91 Å². The van der Waals surface area contributed by atoms with Crippen LogP contribution in [0.2, 0.25) is 0 Å². The van der Waals surface area contributed by atoms with E-state index >= 15 is 0 Å². The molecule has 0 saturated carbocycles. The quantitative estimate of drug-likeness (QED) is 0.624. The van der Waals surface area contributed by atoms with Gasteiger partial charge in [0.15, 0.2) is 0 Å². The van der Waals surface area contributed by atoms with E-state index in [-0.39, 0.29) is 18.9 Å². The molecule has 1 heterocycles. The minimum absolute atomic E-state index is 0.0517. The van der Waals surface area contributed by atoms with Crippen LogP contribution in [0, 0.1) is 0 Å². The smallest absolute Gasteiger partial charge is 0.305 e. The number of amides is 1. The lowest BCUT2D eigenvalue weighted by molar-refractivity contribution is -0.137. The van der Waals surface area contributed by atoms with Crippen molar-refractivity contribution >= 4 is 11.9 Å². The standard InChI is InChI=1S/C14H24N4O3/c1-3-17(4-2)10-5-8-15-14(21)12-6-9-16-18(12)11-7-13(19)20/h6,9H,3-5,7-8,10-11H2,1-2H3,(H,15,21)(H,19,20). The van der Waals surface area contributed by atoms with Gasteiger partial charge in [-0.15, -0.1) is 0 Å². The van der Waals surface area contributed by atoms with E-state index in [0.717, 1.165) is 26.1 Å². The Hall–Kier alpha value is -1.89. The Morgan fingerprint density at radius 2 is 2.10 bits per heavy atom. The molecule has 21 heavy (non-hydrogen) atoms. The Morgan fingerprint density at radius 3 is 2.71 bits per heavy atom. The number of nitrogens with zero attached hydrogens (tertiary/aromatic N) is 3. The van der Waals surface area contributed by atoms with E-state index in [1.54, 1.807) is 6.07 Å². The second-order valence-corrected chi connectivity index (χ2v) is 4.72. The van der Waals surface area contributed by atoms with Gasteiger partial charge in [-0.1, -0.05) is 13.8 Å². The van der Waals surface area contributed by atoms with Crippen molar-refractivity contribution in [1.82, 2.24) is 20.0 Å². The highest BCUT2D eigenvalue weighted by Gasteiger charge is 2.12. The third-order valence-electron chi connectivity index (χ3n) is 3.32. The molecule has 0 atom stereocenters. The summed E-state index contributed by atoms with van der Waals surface area (Å²) in [5, 5.41) is 15.5. The van der Waals surface area contributed by atoms with Gasteiger partial charge in [0.05, 0.1) is 13.0 Å². The van der Waals surface area contributed by atoms with Crippen LogP contribution in [0.4, 0.5) is 0 Å². The summed E-state index contributed by atoms with van der Waals surface area (Å²) in [6.07, 6.45) is 2.34. The average molecular weight is 296 g/mol. The first-order valence-corrected chi connectivity index (χ1v) is 7.32. The molecule has 0 spiro atoms. The number of hydrogen-bond donors (Lipinski definition) is 2. The van der Waals surface area contributed by atoms with E-state index in [4.69, 9.17) is 5.11 Å². The number of aromatic nitrogens is 2. The molecule has 0 bridgehead atoms. The highest BCUT2D eigenvalue weighted by Crippen LogP contribution is 2.01. The second-order valence-electron chi connectivity index (χ2n) is 4.72. The van der Waals surface area contributed by atoms with Crippen molar-refractivity contribution in [2.24, 2.45) is 0 Å². The second kappa shape index (κ2) is 9.12. The van der Waals surface area contributed by atoms with E-state index in [9.17, 15) is 9.59 Å². The molecule has 7 nitrogen and oxygen atoms in total. The Balaban J connectivity index is 2.38. The molecule has 0 aliphatic carbocycles. The molecule has 0 fully saturated rings. The number of carbonyl (C=O) groups excluding carboxylic acids is 1.